The molecule has 1 amide bonds. The third kappa shape index (κ3) is 8.38. The van der Waals surface area contributed by atoms with Crippen LogP contribution in [-0.4, -0.2) is 82.1 Å². The number of esters is 1. The van der Waals surface area contributed by atoms with Gasteiger partial charge in [-0.3, -0.25) is 14.8 Å². The molecule has 1 saturated heterocycles. The molecule has 12 heteroatoms. The lowest BCUT2D eigenvalue weighted by Gasteiger charge is -2.45. The van der Waals surface area contributed by atoms with E-state index in [2.05, 4.69) is 10.3 Å². The lowest BCUT2D eigenvalue weighted by molar-refractivity contribution is -0.138. The van der Waals surface area contributed by atoms with Gasteiger partial charge in [0.25, 0.3) is 0 Å². The summed E-state index contributed by atoms with van der Waals surface area (Å²) in [5.74, 6) is -0.154. The Morgan fingerprint density at radius 3 is 2.43 bits per heavy atom. The summed E-state index contributed by atoms with van der Waals surface area (Å²) in [6, 6.07) is 9.36. The number of amides is 1. The number of pyridine rings is 2. The molecule has 0 bridgehead atoms. The predicted octanol–water partition coefficient (Wildman–Crippen LogP) is 7.36. The number of ether oxygens (including phenoxy) is 2. The smallest absolute Gasteiger partial charge is 0.410 e. The van der Waals surface area contributed by atoms with Gasteiger partial charge in [0.15, 0.2) is 0 Å². The van der Waals surface area contributed by atoms with Gasteiger partial charge in [0.1, 0.15) is 29.6 Å². The van der Waals surface area contributed by atoms with Gasteiger partial charge in [-0.25, -0.2) is 14.2 Å². The molecule has 1 fully saturated rings. The summed E-state index contributed by atoms with van der Waals surface area (Å²) >= 11 is 6.88. The minimum absolute atomic E-state index is 0.0773. The number of halogens is 2. The van der Waals surface area contributed by atoms with Crippen LogP contribution < -0.4 is 5.32 Å². The van der Waals surface area contributed by atoms with Gasteiger partial charge in [-0.15, -0.1) is 0 Å². The molecule has 1 N–H and O–H groups in total. The number of piperazine rings is 1. The molecule has 0 unspecified atom stereocenters. The summed E-state index contributed by atoms with van der Waals surface area (Å²) in [4.78, 5) is 43.5. The number of aryl methyl sites for hydroxylation is 1. The fourth-order valence-corrected chi connectivity index (χ4v) is 5.68. The largest absolute Gasteiger partial charge is 0.468 e. The summed E-state index contributed by atoms with van der Waals surface area (Å²) in [6.07, 6.45) is 1.35. The Balaban J connectivity index is 1.90. The maximum atomic E-state index is 15.1. The van der Waals surface area contributed by atoms with Crippen molar-refractivity contribution in [1.82, 2.24) is 19.8 Å². The molecule has 2 aromatic heterocycles. The number of nitrogens with zero attached hydrogens (tertiary/aromatic N) is 5. The zero-order valence-corrected chi connectivity index (χ0v) is 29.3. The number of aromatic nitrogens is 2. The Kier molecular flexibility index (Phi) is 11.1. The fraction of sp³-hybridized carbons (Fsp3) is 0.457. The van der Waals surface area contributed by atoms with E-state index in [0.29, 0.717) is 30.3 Å². The summed E-state index contributed by atoms with van der Waals surface area (Å²) in [5, 5.41) is 3.68. The Hall–Kier alpha value is -4.25. The summed E-state index contributed by atoms with van der Waals surface area (Å²) in [6.45, 7) is 15.9. The first-order valence-electron chi connectivity index (χ1n) is 15.7. The second-order valence-corrected chi connectivity index (χ2v) is 13.5. The van der Waals surface area contributed by atoms with Gasteiger partial charge in [0.2, 0.25) is 0 Å². The second kappa shape index (κ2) is 14.7. The molecule has 1 aliphatic rings. The van der Waals surface area contributed by atoms with Crippen molar-refractivity contribution >= 4 is 41.0 Å². The number of aliphatic imine (C=N–C) groups is 1. The van der Waals surface area contributed by atoms with Gasteiger partial charge >= 0.3 is 12.1 Å². The number of rotatable bonds is 7. The van der Waals surface area contributed by atoms with Crippen LogP contribution in [0.4, 0.5) is 20.7 Å². The summed E-state index contributed by atoms with van der Waals surface area (Å²) in [5.41, 5.74) is 2.82. The van der Waals surface area contributed by atoms with Crippen LogP contribution >= 0.6 is 11.6 Å². The minimum atomic E-state index is -0.646. The van der Waals surface area contributed by atoms with E-state index < -0.39 is 23.5 Å². The molecule has 0 saturated carbocycles. The summed E-state index contributed by atoms with van der Waals surface area (Å²) in [7, 11) is 1.30. The van der Waals surface area contributed by atoms with E-state index in [9.17, 15) is 9.59 Å². The number of carbonyl (C=O) groups is 2. The normalized spacial score (nSPS) is 17.1. The first-order valence-corrected chi connectivity index (χ1v) is 16.0. The Morgan fingerprint density at radius 2 is 1.79 bits per heavy atom. The average molecular weight is 667 g/mol. The van der Waals surface area contributed by atoms with Crippen molar-refractivity contribution in [3.05, 3.63) is 70.3 Å². The van der Waals surface area contributed by atoms with Crippen molar-refractivity contribution < 1.29 is 23.5 Å². The molecule has 4 rings (SSSR count). The van der Waals surface area contributed by atoms with Crippen molar-refractivity contribution in [1.29, 1.82) is 0 Å². The number of amidine groups is 1. The van der Waals surface area contributed by atoms with E-state index in [-0.39, 0.29) is 40.8 Å². The van der Waals surface area contributed by atoms with E-state index in [1.165, 1.54) is 13.2 Å². The average Bonchev–Trinajstić information content (AvgIpc) is 2.99. The van der Waals surface area contributed by atoms with E-state index >= 15 is 4.39 Å². The molecule has 10 nitrogen and oxygen atoms in total. The topological polar surface area (TPSA) is 109 Å². The minimum Gasteiger partial charge on any atom is -0.468 e. The SMILES string of the molecule is COC(=O)CN=C(c1cc(Cl)c(-c2ccccc2F)nc1Nc1c(C)ccnc1C(C)C)N1C[C@@H](C)N(C(=O)OC(C)(C)C)C[C@@H]1C. The number of anilines is 2. The van der Waals surface area contributed by atoms with Gasteiger partial charge in [0, 0.05) is 36.9 Å². The molecule has 1 aromatic carbocycles. The van der Waals surface area contributed by atoms with Gasteiger partial charge in [-0.05, 0) is 77.3 Å². The molecule has 0 radical (unpaired) electrons. The van der Waals surface area contributed by atoms with Crippen LogP contribution in [0.5, 0.6) is 0 Å². The van der Waals surface area contributed by atoms with E-state index in [4.69, 9.17) is 31.1 Å². The number of carbonyl (C=O) groups excluding carboxylic acids is 2. The van der Waals surface area contributed by atoms with E-state index in [1.54, 1.807) is 35.4 Å². The van der Waals surface area contributed by atoms with Crippen molar-refractivity contribution in [2.75, 3.05) is 32.1 Å². The number of hydrogen-bond donors (Lipinski definition) is 1. The highest BCUT2D eigenvalue weighted by molar-refractivity contribution is 6.33. The molecule has 252 valence electrons. The highest BCUT2D eigenvalue weighted by atomic mass is 35.5. The van der Waals surface area contributed by atoms with Gasteiger partial charge in [0.05, 0.1) is 34.8 Å². The number of benzene rings is 1. The molecule has 3 aromatic rings. The maximum Gasteiger partial charge on any atom is 0.410 e. The lowest BCUT2D eigenvalue weighted by Crippen LogP contribution is -2.60. The molecule has 0 aliphatic carbocycles. The predicted molar refractivity (Wildman–Crippen MR) is 183 cm³/mol. The maximum absolute atomic E-state index is 15.1. The van der Waals surface area contributed by atoms with Crippen LogP contribution in [0, 0.1) is 12.7 Å². The molecule has 1 aliphatic heterocycles. The zero-order chi connectivity index (χ0) is 34.6. The summed E-state index contributed by atoms with van der Waals surface area (Å²) < 4.78 is 25.7. The number of nitrogens with one attached hydrogen (secondary N) is 1. The van der Waals surface area contributed by atoms with Crippen LogP contribution in [0.2, 0.25) is 5.02 Å². The van der Waals surface area contributed by atoms with Gasteiger partial charge in [-0.2, -0.15) is 0 Å². The first-order chi connectivity index (χ1) is 22.1. The van der Waals surface area contributed by atoms with Crippen LogP contribution in [-0.2, 0) is 14.3 Å². The van der Waals surface area contributed by atoms with Crippen LogP contribution in [0.1, 0.15) is 71.2 Å². The Morgan fingerprint density at radius 1 is 1.13 bits per heavy atom. The van der Waals surface area contributed by atoms with Crippen molar-refractivity contribution in [2.24, 2.45) is 4.99 Å². The van der Waals surface area contributed by atoms with Crippen molar-refractivity contribution in [3.63, 3.8) is 0 Å². The quantitative estimate of drug-likeness (QED) is 0.158. The number of methoxy groups -OCH3 is 1. The number of hydrogen-bond acceptors (Lipinski definition) is 8. The third-order valence-corrected chi connectivity index (χ3v) is 8.08. The molecular weight excluding hydrogens is 623 g/mol. The molecule has 47 heavy (non-hydrogen) atoms. The van der Waals surface area contributed by atoms with Crippen LogP contribution in [0.15, 0.2) is 47.6 Å². The second-order valence-electron chi connectivity index (χ2n) is 13.1. The van der Waals surface area contributed by atoms with E-state index in [0.717, 1.165) is 16.9 Å². The lowest BCUT2D eigenvalue weighted by atomic mass is 10.0. The Labute approximate surface area is 281 Å². The van der Waals surface area contributed by atoms with Crippen molar-refractivity contribution in [2.45, 2.75) is 79.0 Å². The molecule has 3 heterocycles. The monoisotopic (exact) mass is 666 g/mol. The van der Waals surface area contributed by atoms with Gasteiger partial charge in [-0.1, -0.05) is 37.6 Å². The molecule has 2 atom stereocenters. The fourth-order valence-electron chi connectivity index (χ4n) is 5.43. The van der Waals surface area contributed by atoms with Crippen LogP contribution in [0.3, 0.4) is 0 Å². The molecular formula is C35H44ClFN6O4. The van der Waals surface area contributed by atoms with Gasteiger partial charge < -0.3 is 24.6 Å². The highest BCUT2D eigenvalue weighted by Gasteiger charge is 2.37. The first kappa shape index (κ1) is 35.6. The molecule has 0 spiro atoms. The Bertz CT molecular complexity index is 1660. The van der Waals surface area contributed by atoms with Crippen molar-refractivity contribution in [3.8, 4) is 11.3 Å². The van der Waals surface area contributed by atoms with Crippen LogP contribution in [0.25, 0.3) is 11.3 Å². The third-order valence-electron chi connectivity index (χ3n) is 7.80. The standard InChI is InChI=1S/C35H44ClFN6O4/c1-20(2)29-30(21(3)14-15-38-29)40-32-25(16-26(36)31(41-32)24-12-10-11-13-27(24)37)33(39-17-28(44)46-9)42-18-23(5)43(19-22(42)4)34(45)47-35(6,7)8/h10-16,20,22-23H,17-19H2,1-9H3,(H,40,41)/t22-,23+/m0/s1. The zero-order valence-electron chi connectivity index (χ0n) is 28.5. The van der Waals surface area contributed by atoms with E-state index in [1.807, 2.05) is 66.4 Å². The highest BCUT2D eigenvalue weighted by Crippen LogP contribution is 2.36.